The van der Waals surface area contributed by atoms with Crippen molar-refractivity contribution in [1.82, 2.24) is 5.32 Å². The average molecular weight is 288 g/mol. The smallest absolute Gasteiger partial charge is 0.406 e. The molecular weight excluding hydrogens is 271 g/mol. The predicted octanol–water partition coefficient (Wildman–Crippen LogP) is 3.34. The van der Waals surface area contributed by atoms with E-state index in [1.54, 1.807) is 18.5 Å². The Morgan fingerprint density at radius 3 is 2.30 bits per heavy atom. The number of amides is 1. The van der Waals surface area contributed by atoms with Crippen LogP contribution in [0.25, 0.3) is 0 Å². The summed E-state index contributed by atoms with van der Waals surface area (Å²) >= 11 is 0. The highest BCUT2D eigenvalue weighted by Gasteiger charge is 2.30. The molecule has 0 atom stereocenters. The number of nitrogens with one attached hydrogen (secondary N) is 1. The molecule has 3 nitrogen and oxygen atoms in total. The molecule has 0 unspecified atom stereocenters. The molecule has 1 aromatic rings. The van der Waals surface area contributed by atoms with Crippen LogP contribution in [0.1, 0.15) is 31.2 Å². The van der Waals surface area contributed by atoms with Crippen molar-refractivity contribution in [1.29, 1.82) is 0 Å². The summed E-state index contributed by atoms with van der Waals surface area (Å²) in [6.07, 6.45) is 1.68. The van der Waals surface area contributed by atoms with E-state index in [0.717, 1.165) is 37.7 Å². The van der Waals surface area contributed by atoms with Crippen molar-refractivity contribution < 1.29 is 22.7 Å². The lowest BCUT2D eigenvalue weighted by Gasteiger charge is -2.09. The van der Waals surface area contributed by atoms with Crippen molar-refractivity contribution in [3.05, 3.63) is 29.8 Å². The fourth-order valence-electron chi connectivity index (χ4n) is 1.80. The normalized spacial score (nSPS) is 11.2. The van der Waals surface area contributed by atoms with Gasteiger partial charge in [0.1, 0.15) is 5.75 Å². The number of unbranched alkanes of at least 4 members (excludes halogenated alkanes) is 3. The average Bonchev–Trinajstić information content (AvgIpc) is 2.38. The third-order valence-electron chi connectivity index (χ3n) is 2.75. The Balaban J connectivity index is 2.20. The maximum atomic E-state index is 12.0. The molecule has 0 fully saturated rings. The Kier molecular flexibility index (Phi) is 6.90. The molecule has 111 valence electrons. The van der Waals surface area contributed by atoms with Crippen molar-refractivity contribution >= 4 is 6.41 Å². The lowest BCUT2D eigenvalue weighted by Crippen LogP contribution is -2.17. The van der Waals surface area contributed by atoms with Crippen molar-refractivity contribution in [3.8, 4) is 5.75 Å². The molecule has 0 aliphatic rings. The van der Waals surface area contributed by atoms with Crippen LogP contribution < -0.4 is 10.1 Å². The number of benzene rings is 1. The van der Waals surface area contributed by atoms with Gasteiger partial charge in [0.25, 0.3) is 0 Å². The van der Waals surface area contributed by atoms with Gasteiger partial charge in [-0.2, -0.15) is 0 Å². The van der Waals surface area contributed by atoms with Crippen molar-refractivity contribution in [2.24, 2.45) is 0 Å². The highest BCUT2D eigenvalue weighted by molar-refractivity contribution is 5.46. The Morgan fingerprint density at radius 1 is 1.05 bits per heavy atom. The second kappa shape index (κ2) is 8.45. The number of hydrogen-bond donors (Lipinski definition) is 1. The molecule has 20 heavy (non-hydrogen) atoms. The zero-order chi connectivity index (χ0) is 14.8. The van der Waals surface area contributed by atoms with Gasteiger partial charge < -0.3 is 10.1 Å². The summed E-state index contributed by atoms with van der Waals surface area (Å²) in [7, 11) is 0. The van der Waals surface area contributed by atoms with Gasteiger partial charge in [0.2, 0.25) is 0 Å². The third kappa shape index (κ3) is 7.66. The zero-order valence-electron chi connectivity index (χ0n) is 11.0. The van der Waals surface area contributed by atoms with Gasteiger partial charge in [-0.25, -0.2) is 0 Å². The lowest BCUT2D eigenvalue weighted by atomic mass is 10.1. The van der Waals surface area contributed by atoms with Gasteiger partial charge in [0, 0.05) is 6.54 Å². The van der Waals surface area contributed by atoms with Gasteiger partial charge >= 0.3 is 12.8 Å². The summed E-state index contributed by atoms with van der Waals surface area (Å²) in [5.74, 6) is -0.197. The second-order valence-corrected chi connectivity index (χ2v) is 4.38. The number of carbonyl (C=O) groups excluding carboxylic acids is 1. The molecule has 1 aromatic carbocycles. The highest BCUT2D eigenvalue weighted by Crippen LogP contribution is 2.23. The van der Waals surface area contributed by atoms with Gasteiger partial charge in [-0.15, -0.1) is 13.2 Å². The van der Waals surface area contributed by atoms with Crippen molar-refractivity contribution in [2.75, 3.05) is 6.54 Å². The molecule has 0 heterocycles. The summed E-state index contributed by atoms with van der Waals surface area (Å²) in [5.41, 5.74) is 0.985. The minimum absolute atomic E-state index is 0.197. The molecule has 1 N–H and O–H groups in total. The number of hydrogen-bond acceptors (Lipinski definition) is 2. The molecule has 1 amide bonds. The Hall–Kier alpha value is -1.72. The number of halogens is 3. The number of ether oxygens (including phenoxy) is 1. The van der Waals surface area contributed by atoms with Crippen LogP contribution in [-0.2, 0) is 11.2 Å². The van der Waals surface area contributed by atoms with E-state index < -0.39 is 6.36 Å². The van der Waals surface area contributed by atoms with Crippen LogP contribution in [0.2, 0.25) is 0 Å². The summed E-state index contributed by atoms with van der Waals surface area (Å²) in [6.45, 7) is 0.632. The predicted molar refractivity (Wildman–Crippen MR) is 69.0 cm³/mol. The zero-order valence-corrected chi connectivity index (χ0v) is 11.0. The SMILES string of the molecule is O=[C]NCCCCCCc1ccc(OC(F)(F)F)cc1. The minimum Gasteiger partial charge on any atom is -0.406 e. The molecule has 1 radical (unpaired) electrons. The first-order chi connectivity index (χ1) is 9.51. The molecule has 0 aliphatic carbocycles. The number of aryl methyl sites for hydroxylation is 1. The molecular formula is C14H17F3NO2. The van der Waals surface area contributed by atoms with Crippen molar-refractivity contribution in [3.63, 3.8) is 0 Å². The first-order valence-electron chi connectivity index (χ1n) is 6.46. The summed E-state index contributed by atoms with van der Waals surface area (Å²) in [4.78, 5) is 9.88. The molecule has 6 heteroatoms. The molecule has 0 saturated heterocycles. The van der Waals surface area contributed by atoms with Crippen LogP contribution in [0, 0.1) is 0 Å². The van der Waals surface area contributed by atoms with Gasteiger partial charge in [-0.3, -0.25) is 4.79 Å². The van der Waals surface area contributed by atoms with E-state index in [-0.39, 0.29) is 5.75 Å². The number of rotatable bonds is 9. The van der Waals surface area contributed by atoms with Gasteiger partial charge in [0.05, 0.1) is 0 Å². The van der Waals surface area contributed by atoms with Gasteiger partial charge in [0.15, 0.2) is 0 Å². The number of alkyl halides is 3. The maximum absolute atomic E-state index is 12.0. The van der Waals surface area contributed by atoms with Crippen LogP contribution in [-0.4, -0.2) is 19.3 Å². The second-order valence-electron chi connectivity index (χ2n) is 4.38. The van der Waals surface area contributed by atoms with Crippen LogP contribution in [0.5, 0.6) is 5.75 Å². The van der Waals surface area contributed by atoms with E-state index in [9.17, 15) is 18.0 Å². The topological polar surface area (TPSA) is 38.3 Å². The molecule has 0 bridgehead atoms. The van der Waals surface area contributed by atoms with Crippen LogP contribution in [0.15, 0.2) is 24.3 Å². The Bertz CT molecular complexity index is 390. The molecule has 0 saturated carbocycles. The molecule has 0 aromatic heterocycles. The van der Waals surface area contributed by atoms with Gasteiger partial charge in [-0.1, -0.05) is 25.0 Å². The first kappa shape index (κ1) is 16.3. The van der Waals surface area contributed by atoms with Crippen molar-refractivity contribution in [2.45, 2.75) is 38.5 Å². The largest absolute Gasteiger partial charge is 0.573 e. The Labute approximate surface area is 116 Å². The lowest BCUT2D eigenvalue weighted by molar-refractivity contribution is -0.274. The minimum atomic E-state index is -4.64. The molecule has 0 spiro atoms. The molecule has 1 rings (SSSR count). The summed E-state index contributed by atoms with van der Waals surface area (Å²) in [6, 6.07) is 5.94. The highest BCUT2D eigenvalue weighted by atomic mass is 19.4. The van der Waals surface area contributed by atoms with E-state index in [0.29, 0.717) is 6.54 Å². The standard InChI is InChI=1S/C14H17F3NO2/c15-14(16,17)20-13-8-6-12(7-9-13)5-3-1-2-4-10-18-11-19/h6-9H,1-5,10H2,(H,18,19). The maximum Gasteiger partial charge on any atom is 0.573 e. The molecule has 0 aliphatic heterocycles. The van der Waals surface area contributed by atoms with E-state index in [4.69, 9.17) is 0 Å². The van der Waals surface area contributed by atoms with E-state index >= 15 is 0 Å². The Morgan fingerprint density at radius 2 is 1.70 bits per heavy atom. The van der Waals surface area contributed by atoms with E-state index in [1.165, 1.54) is 12.1 Å². The summed E-state index contributed by atoms with van der Waals surface area (Å²) < 4.78 is 39.7. The van der Waals surface area contributed by atoms with E-state index in [1.807, 2.05) is 0 Å². The first-order valence-corrected chi connectivity index (χ1v) is 6.46. The fourth-order valence-corrected chi connectivity index (χ4v) is 1.80. The third-order valence-corrected chi connectivity index (χ3v) is 2.75. The summed E-state index contributed by atoms with van der Waals surface area (Å²) in [5, 5.41) is 2.47. The van der Waals surface area contributed by atoms with Gasteiger partial charge in [-0.05, 0) is 37.0 Å². The van der Waals surface area contributed by atoms with Crippen LogP contribution in [0.4, 0.5) is 13.2 Å². The fraction of sp³-hybridized carbons (Fsp3) is 0.500. The monoisotopic (exact) mass is 288 g/mol. The van der Waals surface area contributed by atoms with Crippen LogP contribution in [0.3, 0.4) is 0 Å². The van der Waals surface area contributed by atoms with Crippen LogP contribution >= 0.6 is 0 Å². The van der Waals surface area contributed by atoms with E-state index in [2.05, 4.69) is 10.1 Å². The quantitative estimate of drug-likeness (QED) is 0.559.